The molecular formula is C18H19N3O2S. The molecule has 24 heavy (non-hydrogen) atoms. The lowest BCUT2D eigenvalue weighted by Crippen LogP contribution is -2.28. The monoisotopic (exact) mass is 341 g/mol. The van der Waals surface area contributed by atoms with Gasteiger partial charge in [0.25, 0.3) is 5.91 Å². The first kappa shape index (κ1) is 16.4. The molecule has 1 aromatic heterocycles. The Hall–Kier alpha value is -2.47. The number of hydrogen-bond acceptors (Lipinski definition) is 4. The van der Waals surface area contributed by atoms with Gasteiger partial charge in [-0.3, -0.25) is 9.69 Å². The first-order valence-electron chi connectivity index (χ1n) is 7.70. The summed E-state index contributed by atoms with van der Waals surface area (Å²) in [6.45, 7) is 4.35. The van der Waals surface area contributed by atoms with E-state index in [9.17, 15) is 9.90 Å². The van der Waals surface area contributed by atoms with Crippen LogP contribution in [0, 0.1) is 6.92 Å². The second-order valence-electron chi connectivity index (χ2n) is 5.59. The number of phenolic OH excluding ortho intramolecular Hbond substituents is 1. The van der Waals surface area contributed by atoms with Crippen molar-refractivity contribution in [3.05, 3.63) is 52.7 Å². The molecule has 1 amide bonds. The first-order valence-corrected chi connectivity index (χ1v) is 8.52. The van der Waals surface area contributed by atoms with Crippen LogP contribution < -0.4 is 0 Å². The van der Waals surface area contributed by atoms with Gasteiger partial charge in [0.1, 0.15) is 11.4 Å². The third-order valence-electron chi connectivity index (χ3n) is 3.81. The van der Waals surface area contributed by atoms with Gasteiger partial charge in [0.2, 0.25) is 0 Å². The van der Waals surface area contributed by atoms with Crippen molar-refractivity contribution in [3.63, 3.8) is 0 Å². The SMILES string of the molecule is CCN1C(=O)/C(=C/c2cccn2C)SC1=Nc1ccc(C)cc1O. The van der Waals surface area contributed by atoms with E-state index in [0.29, 0.717) is 22.3 Å². The molecule has 3 rings (SSSR count). The molecule has 1 saturated heterocycles. The maximum Gasteiger partial charge on any atom is 0.266 e. The molecule has 6 heteroatoms. The van der Waals surface area contributed by atoms with Crippen LogP contribution in [-0.4, -0.2) is 32.2 Å². The highest BCUT2D eigenvalue weighted by Crippen LogP contribution is 2.36. The van der Waals surface area contributed by atoms with Gasteiger partial charge in [-0.2, -0.15) is 0 Å². The third-order valence-corrected chi connectivity index (χ3v) is 4.82. The largest absolute Gasteiger partial charge is 0.506 e. The Balaban J connectivity index is 1.97. The zero-order chi connectivity index (χ0) is 17.3. The fourth-order valence-corrected chi connectivity index (χ4v) is 3.50. The standard InChI is InChI=1S/C18H19N3O2S/c1-4-21-17(23)16(11-13-6-5-9-20(13)3)24-18(21)19-14-8-7-12(2)10-15(14)22/h5-11,22H,4H2,1-3H3/b16-11-,19-18?. The average molecular weight is 341 g/mol. The van der Waals surface area contributed by atoms with Gasteiger partial charge in [0.05, 0.1) is 4.91 Å². The predicted octanol–water partition coefficient (Wildman–Crippen LogP) is 3.66. The van der Waals surface area contributed by atoms with Gasteiger partial charge in [-0.15, -0.1) is 0 Å². The molecule has 2 aromatic rings. The van der Waals surface area contributed by atoms with Gasteiger partial charge in [0.15, 0.2) is 5.17 Å². The number of thioether (sulfide) groups is 1. The number of amidine groups is 1. The topological polar surface area (TPSA) is 57.8 Å². The smallest absolute Gasteiger partial charge is 0.266 e. The fraction of sp³-hybridized carbons (Fsp3) is 0.222. The van der Waals surface area contributed by atoms with E-state index in [1.165, 1.54) is 11.8 Å². The van der Waals surface area contributed by atoms with Gasteiger partial charge in [-0.05, 0) is 61.5 Å². The van der Waals surface area contributed by atoms with Gasteiger partial charge in [-0.25, -0.2) is 4.99 Å². The van der Waals surface area contributed by atoms with Crippen molar-refractivity contribution in [2.75, 3.05) is 6.54 Å². The van der Waals surface area contributed by atoms with Crippen LogP contribution in [0.4, 0.5) is 5.69 Å². The minimum absolute atomic E-state index is 0.0611. The van der Waals surface area contributed by atoms with Crippen LogP contribution in [0.25, 0.3) is 6.08 Å². The zero-order valence-electron chi connectivity index (χ0n) is 13.9. The average Bonchev–Trinajstić information content (AvgIpc) is 3.07. The number of hydrogen-bond donors (Lipinski definition) is 1. The zero-order valence-corrected chi connectivity index (χ0v) is 14.7. The Morgan fingerprint density at radius 3 is 2.75 bits per heavy atom. The van der Waals surface area contributed by atoms with Gasteiger partial charge < -0.3 is 9.67 Å². The number of amides is 1. The second-order valence-corrected chi connectivity index (χ2v) is 6.60. The van der Waals surface area contributed by atoms with E-state index in [0.717, 1.165) is 11.3 Å². The van der Waals surface area contributed by atoms with Crippen LogP contribution in [0.2, 0.25) is 0 Å². The van der Waals surface area contributed by atoms with Crippen LogP contribution in [0.3, 0.4) is 0 Å². The molecule has 1 fully saturated rings. The number of nitrogens with zero attached hydrogens (tertiary/aromatic N) is 3. The number of likely N-dealkylation sites (N-methyl/N-ethyl adjacent to an activating group) is 1. The number of rotatable bonds is 3. The third kappa shape index (κ3) is 3.10. The number of aromatic nitrogens is 1. The number of phenols is 1. The van der Waals surface area contributed by atoms with E-state index in [-0.39, 0.29) is 11.7 Å². The summed E-state index contributed by atoms with van der Waals surface area (Å²) in [5.74, 6) is 0.0560. The Bertz CT molecular complexity index is 852. The van der Waals surface area contributed by atoms with Crippen molar-refractivity contribution >= 4 is 34.6 Å². The van der Waals surface area contributed by atoms with E-state index in [4.69, 9.17) is 0 Å². The van der Waals surface area contributed by atoms with Crippen LogP contribution in [-0.2, 0) is 11.8 Å². The van der Waals surface area contributed by atoms with E-state index < -0.39 is 0 Å². The summed E-state index contributed by atoms with van der Waals surface area (Å²) >= 11 is 1.33. The fourth-order valence-electron chi connectivity index (χ4n) is 2.46. The first-order chi connectivity index (χ1) is 11.5. The number of aromatic hydroxyl groups is 1. The van der Waals surface area contributed by atoms with Crippen molar-refractivity contribution in [2.24, 2.45) is 12.0 Å². The minimum atomic E-state index is -0.0611. The van der Waals surface area contributed by atoms with Crippen LogP contribution in [0.15, 0.2) is 46.4 Å². The Morgan fingerprint density at radius 1 is 1.33 bits per heavy atom. The molecule has 5 nitrogen and oxygen atoms in total. The van der Waals surface area contributed by atoms with Crippen molar-refractivity contribution in [3.8, 4) is 5.75 Å². The summed E-state index contributed by atoms with van der Waals surface area (Å²) < 4.78 is 1.96. The Kier molecular flexibility index (Phi) is 4.49. The molecule has 1 aliphatic rings. The molecule has 0 atom stereocenters. The normalized spacial score (nSPS) is 18.1. The van der Waals surface area contributed by atoms with E-state index >= 15 is 0 Å². The molecule has 124 valence electrons. The molecule has 1 aromatic carbocycles. The number of benzene rings is 1. The highest BCUT2D eigenvalue weighted by molar-refractivity contribution is 8.18. The van der Waals surface area contributed by atoms with Crippen LogP contribution in [0.5, 0.6) is 5.75 Å². The summed E-state index contributed by atoms with van der Waals surface area (Å²) in [6.07, 6.45) is 3.81. The maximum absolute atomic E-state index is 12.6. The summed E-state index contributed by atoms with van der Waals surface area (Å²) in [5, 5.41) is 10.6. The molecule has 0 saturated carbocycles. The second kappa shape index (κ2) is 6.57. The predicted molar refractivity (Wildman–Crippen MR) is 98.3 cm³/mol. The lowest BCUT2D eigenvalue weighted by atomic mass is 10.2. The maximum atomic E-state index is 12.6. The van der Waals surface area contributed by atoms with Crippen molar-refractivity contribution in [1.82, 2.24) is 9.47 Å². The summed E-state index contributed by atoms with van der Waals surface area (Å²) in [6, 6.07) is 9.20. The van der Waals surface area contributed by atoms with E-state index in [2.05, 4.69) is 4.99 Å². The van der Waals surface area contributed by atoms with Crippen LogP contribution >= 0.6 is 11.8 Å². The van der Waals surface area contributed by atoms with Crippen LogP contribution in [0.1, 0.15) is 18.2 Å². The van der Waals surface area contributed by atoms with Crippen molar-refractivity contribution in [2.45, 2.75) is 13.8 Å². The molecule has 1 aliphatic heterocycles. The number of aryl methyl sites for hydroxylation is 2. The Labute approximate surface area is 145 Å². The molecule has 0 spiro atoms. The summed E-state index contributed by atoms with van der Waals surface area (Å²) in [7, 11) is 1.94. The van der Waals surface area contributed by atoms with Gasteiger partial charge in [-0.1, -0.05) is 6.07 Å². The van der Waals surface area contributed by atoms with Gasteiger partial charge >= 0.3 is 0 Å². The van der Waals surface area contributed by atoms with Crippen molar-refractivity contribution in [1.29, 1.82) is 0 Å². The minimum Gasteiger partial charge on any atom is -0.506 e. The summed E-state index contributed by atoms with van der Waals surface area (Å²) in [4.78, 5) is 19.3. The Morgan fingerprint density at radius 2 is 2.12 bits per heavy atom. The molecule has 0 unspecified atom stereocenters. The molecule has 2 heterocycles. The van der Waals surface area contributed by atoms with E-state index in [1.807, 2.05) is 55.9 Å². The van der Waals surface area contributed by atoms with Crippen molar-refractivity contribution < 1.29 is 9.90 Å². The lowest BCUT2D eigenvalue weighted by molar-refractivity contribution is -0.122. The quantitative estimate of drug-likeness (QED) is 0.867. The number of aliphatic imine (C=N–C) groups is 1. The summed E-state index contributed by atoms with van der Waals surface area (Å²) in [5.41, 5.74) is 2.39. The molecule has 0 radical (unpaired) electrons. The molecule has 0 bridgehead atoms. The highest BCUT2D eigenvalue weighted by Gasteiger charge is 2.32. The van der Waals surface area contributed by atoms with E-state index in [1.54, 1.807) is 17.0 Å². The van der Waals surface area contributed by atoms with Gasteiger partial charge in [0, 0.05) is 25.5 Å². The molecule has 0 aliphatic carbocycles. The number of carbonyl (C=O) groups excluding carboxylic acids is 1. The molecule has 1 N–H and O–H groups in total. The highest BCUT2D eigenvalue weighted by atomic mass is 32.2. The number of carbonyl (C=O) groups is 1. The molecular weight excluding hydrogens is 322 g/mol. The lowest BCUT2D eigenvalue weighted by Gasteiger charge is -2.12.